The first kappa shape index (κ1) is 87.4. The topological polar surface area (TPSA) is 611 Å². The summed E-state index contributed by atoms with van der Waals surface area (Å²) in [5.74, 6) is -7.14. The number of carbonyl (C=O) groups is 5. The number of aliphatic hydroxyl groups excluding tert-OH is 16. The Bertz CT molecular complexity index is 3380. The van der Waals surface area contributed by atoms with Crippen LogP contribution in [0.5, 0.6) is 0 Å². The van der Waals surface area contributed by atoms with Crippen LogP contribution in [-0.2, 0) is 90.3 Å². The number of ether oxygens (including phenoxy) is 14. The number of carbonyl (C=O) groups excluding carboxylic acids is 3. The number of amides is 1. The summed E-state index contributed by atoms with van der Waals surface area (Å²) in [5, 5.41) is 213. The zero-order valence-electron chi connectivity index (χ0n) is 63.4. The molecular formula is C73H113NO38. The molecule has 0 aromatic heterocycles. The van der Waals surface area contributed by atoms with E-state index >= 15 is 4.79 Å². The maximum Gasteiger partial charge on any atom is 0.335 e. The van der Waals surface area contributed by atoms with Gasteiger partial charge < -0.3 is 173 Å². The van der Waals surface area contributed by atoms with Gasteiger partial charge in [-0.1, -0.05) is 60.1 Å². The quantitative estimate of drug-likeness (QED) is 0.0158. The van der Waals surface area contributed by atoms with Crippen LogP contribution in [0.2, 0.25) is 0 Å². The average molecular weight is 1610 g/mol. The third-order valence-electron chi connectivity index (χ3n) is 27.6. The average Bonchev–Trinajstić information content (AvgIpc) is 0.683. The molecule has 39 nitrogen and oxygen atoms in total. The van der Waals surface area contributed by atoms with E-state index in [-0.39, 0.29) is 38.2 Å². The van der Waals surface area contributed by atoms with E-state index in [2.05, 4.69) is 25.2 Å². The molecule has 20 N–H and O–H groups in total. The van der Waals surface area contributed by atoms with Crippen molar-refractivity contribution >= 4 is 30.1 Å². The molecule has 0 aromatic rings. The first-order valence-corrected chi connectivity index (χ1v) is 38.5. The van der Waals surface area contributed by atoms with Gasteiger partial charge in [-0.3, -0.25) is 14.4 Å². The Morgan fingerprint density at radius 3 is 1.82 bits per heavy atom. The second kappa shape index (κ2) is 33.0. The van der Waals surface area contributed by atoms with Crippen molar-refractivity contribution < 1.29 is 187 Å². The molecule has 20 unspecified atom stereocenters. The number of allylic oxidation sites excluding steroid dienone is 2. The van der Waals surface area contributed by atoms with Crippen LogP contribution in [0.15, 0.2) is 11.6 Å². The summed E-state index contributed by atoms with van der Waals surface area (Å²) in [5.41, 5.74) is -7.06. The number of carboxylic acid groups (broad SMARTS) is 2. The smallest absolute Gasteiger partial charge is 0.335 e. The largest absolute Gasteiger partial charge is 0.481 e. The van der Waals surface area contributed by atoms with Gasteiger partial charge in [-0.15, -0.1) is 0 Å². The summed E-state index contributed by atoms with van der Waals surface area (Å²) >= 11 is 0. The van der Waals surface area contributed by atoms with E-state index < -0.39 is 303 Å². The number of rotatable bonds is 22. The number of fused-ring (bicyclic) bond motifs is 7. The second-order valence-corrected chi connectivity index (χ2v) is 34.6. The minimum Gasteiger partial charge on any atom is -0.481 e. The lowest BCUT2D eigenvalue weighted by Gasteiger charge is -2.71. The molecule has 12 rings (SSSR count). The fraction of sp³-hybridized carbons (Fsp3) is 0.904. The molecule has 5 aliphatic carbocycles. The number of carboxylic acids is 2. The van der Waals surface area contributed by atoms with E-state index in [1.165, 1.54) is 6.92 Å². The predicted molar refractivity (Wildman–Crippen MR) is 365 cm³/mol. The predicted octanol–water partition coefficient (Wildman–Crippen LogP) is -6.36. The molecule has 0 radical (unpaired) electrons. The monoisotopic (exact) mass is 1610 g/mol. The SMILES string of the molecule is CC[C@]1(O)CO[C@H](OC2C(O)[C@H](O[C@H]3C(C)O[C@@H](OC4C(O)[C@@H](NC(=O)CC(=O)O)C(CO)O[C@H]4OC(=O)[C@]45CCC(C)(C)CC4C4=CCC6C7(C)CC[C@H](O[C@@H]8OC(C(=O)O)[C@H](O)[C@H](O[C@@H]9OC[C@H](O)[C@H](O)C9O)C8O[C@@H]8OC(CO)[C@H](O)[C@H](O)C8O)[C@](C)(C=O)[C@@H]7CCC6(C)C4(C)CC5O)C(O)C3O)OC[C@@H]2O)C1O. The van der Waals surface area contributed by atoms with Crippen LogP contribution in [0.25, 0.3) is 0 Å². The van der Waals surface area contributed by atoms with Crippen LogP contribution in [0.1, 0.15) is 126 Å². The van der Waals surface area contributed by atoms with Crippen molar-refractivity contribution in [3.05, 3.63) is 11.6 Å². The van der Waals surface area contributed by atoms with Crippen LogP contribution in [0, 0.1) is 50.2 Å². The van der Waals surface area contributed by atoms with Crippen LogP contribution in [0.3, 0.4) is 0 Å². The van der Waals surface area contributed by atoms with E-state index in [0.29, 0.717) is 38.5 Å². The number of esters is 1. The highest BCUT2D eigenvalue weighted by Crippen LogP contribution is 2.76. The van der Waals surface area contributed by atoms with Crippen LogP contribution in [0.4, 0.5) is 0 Å². The molecule has 12 aliphatic rings. The van der Waals surface area contributed by atoms with Crippen LogP contribution < -0.4 is 5.32 Å². The summed E-state index contributed by atoms with van der Waals surface area (Å²) in [6, 6.07) is -1.72. The number of hydrogen-bond acceptors (Lipinski definition) is 36. The standard InChI is InChI=1S/C73H113NO38/c1-9-72(98)26-101-65(57(72)94)107-52-31(79)24-100-60(50(52)93)106-51-27(2)102-61(48(91)45(51)88)110-55-43(86)40(74-38(81)18-39(82)83)32(21-75)103-63(55)112-66(97)73-17-16-67(3,4)19-29(73)28-10-11-35-68(5)14-13-37(69(6,25-77)34(68)12-15-70(35,7)71(28,8)20-36(73)80)105-64-56(111-62-47(90)44(87)42(85)33(22-76)104-62)53(49(92)54(109-64)58(95)96)108-59-46(89)41(84)30(78)23-99-59/h10,25,27,29-37,40-57,59-65,75-76,78-80,84-94,98H,9,11-24,26H2,1-8H3,(H,74,81)(H,82,83)(H,95,96)/t27?,29?,30-,31-,32?,33?,34+,35?,36?,37-,40-,41-,42-,43?,44-,45?,46?,47?,48?,49+,50?,51-,52?,53-,54?,55?,56?,57?,59-,60-,61-,62-,63-,64+,65+,68?,69+,70?,71?,72-,73+/m0/s1. The summed E-state index contributed by atoms with van der Waals surface area (Å²) in [6.45, 7) is 11.6. The van der Waals surface area contributed by atoms with Gasteiger partial charge in [0, 0.05) is 0 Å². The number of hydrogen-bond donors (Lipinski definition) is 20. The first-order valence-electron chi connectivity index (χ1n) is 38.5. The van der Waals surface area contributed by atoms with Crippen molar-refractivity contribution in [2.45, 2.75) is 328 Å². The molecule has 112 heavy (non-hydrogen) atoms. The summed E-state index contributed by atoms with van der Waals surface area (Å²) in [4.78, 5) is 68.3. The van der Waals surface area contributed by atoms with Crippen molar-refractivity contribution in [2.24, 2.45) is 50.2 Å². The lowest BCUT2D eigenvalue weighted by molar-refractivity contribution is -0.391. The Morgan fingerprint density at radius 2 is 1.18 bits per heavy atom. The number of nitrogens with one attached hydrogen (secondary N) is 1. The Morgan fingerprint density at radius 1 is 0.571 bits per heavy atom. The molecule has 0 bridgehead atoms. The van der Waals surface area contributed by atoms with E-state index in [1.807, 2.05) is 20.8 Å². The summed E-state index contributed by atoms with van der Waals surface area (Å²) in [7, 11) is 0. The third-order valence-corrected chi connectivity index (χ3v) is 27.6. The third kappa shape index (κ3) is 15.3. The molecule has 4 saturated carbocycles. The maximum atomic E-state index is 16.0. The fourth-order valence-electron chi connectivity index (χ4n) is 20.8. The molecule has 7 aliphatic heterocycles. The number of aliphatic carboxylic acids is 2. The van der Waals surface area contributed by atoms with Crippen molar-refractivity contribution in [1.29, 1.82) is 0 Å². The lowest BCUT2D eigenvalue weighted by atomic mass is 9.33. The van der Waals surface area contributed by atoms with E-state index in [4.69, 9.17) is 66.3 Å². The minimum atomic E-state index is -2.25. The molecule has 39 heteroatoms. The van der Waals surface area contributed by atoms with E-state index in [0.717, 1.165) is 11.9 Å². The normalized spacial score (nSPS) is 52.2. The van der Waals surface area contributed by atoms with Gasteiger partial charge in [0.25, 0.3) is 0 Å². The zero-order valence-corrected chi connectivity index (χ0v) is 63.4. The second-order valence-electron chi connectivity index (χ2n) is 34.6. The van der Waals surface area contributed by atoms with E-state index in [9.17, 15) is 116 Å². The van der Waals surface area contributed by atoms with Crippen molar-refractivity contribution in [1.82, 2.24) is 5.32 Å². The highest BCUT2D eigenvalue weighted by molar-refractivity contribution is 5.93. The van der Waals surface area contributed by atoms with Gasteiger partial charge in [-0.05, 0) is 111 Å². The van der Waals surface area contributed by atoms with E-state index in [1.54, 1.807) is 13.8 Å². The maximum absolute atomic E-state index is 16.0. The molecule has 1 amide bonds. The Hall–Kier alpha value is -3.91. The van der Waals surface area contributed by atoms with Gasteiger partial charge in [-0.25, -0.2) is 4.79 Å². The Labute approximate surface area is 643 Å². The van der Waals surface area contributed by atoms with Crippen LogP contribution >= 0.6 is 0 Å². The fourth-order valence-corrected chi connectivity index (χ4v) is 20.8. The first-order chi connectivity index (χ1) is 52.5. The minimum absolute atomic E-state index is 0.0241. The number of aliphatic hydroxyl groups is 17. The van der Waals surface area contributed by atoms with Gasteiger partial charge in [0.15, 0.2) is 49.9 Å². The Balaban J connectivity index is 0.806. The molecule has 7 heterocycles. The molecule has 0 aromatic carbocycles. The molecule has 7 saturated heterocycles. The molecule has 41 atom stereocenters. The van der Waals surface area contributed by atoms with Gasteiger partial charge in [0.2, 0.25) is 12.2 Å². The van der Waals surface area contributed by atoms with Crippen LogP contribution in [-0.4, -0.2) is 362 Å². The zero-order chi connectivity index (χ0) is 81.9. The molecule has 0 spiro atoms. The lowest BCUT2D eigenvalue weighted by Crippen LogP contribution is -2.70. The molecular weight excluding hydrogens is 1500 g/mol. The van der Waals surface area contributed by atoms with Crippen molar-refractivity contribution in [3.63, 3.8) is 0 Å². The van der Waals surface area contributed by atoms with Gasteiger partial charge in [0.1, 0.15) is 140 Å². The summed E-state index contributed by atoms with van der Waals surface area (Å²) < 4.78 is 84.1. The molecule has 11 fully saturated rings. The highest BCUT2D eigenvalue weighted by Gasteiger charge is 2.73. The van der Waals surface area contributed by atoms with Gasteiger partial charge in [0.05, 0.1) is 62.8 Å². The molecule has 638 valence electrons. The van der Waals surface area contributed by atoms with Gasteiger partial charge >= 0.3 is 17.9 Å². The van der Waals surface area contributed by atoms with Crippen molar-refractivity contribution in [3.8, 4) is 0 Å². The van der Waals surface area contributed by atoms with Crippen molar-refractivity contribution in [2.75, 3.05) is 33.0 Å². The highest BCUT2D eigenvalue weighted by atomic mass is 16.8. The Kier molecular flexibility index (Phi) is 25.8. The van der Waals surface area contributed by atoms with Gasteiger partial charge in [-0.2, -0.15) is 0 Å². The number of aldehydes is 1. The summed E-state index contributed by atoms with van der Waals surface area (Å²) in [6.07, 6.45) is -53.0.